The smallest absolute Gasteiger partial charge is 0.410 e. The molecule has 2 aromatic carbocycles. The average molecular weight is 352 g/mol. The SMILES string of the molecule is Cc1cccc2c1O[C@H]1[C@H](C(N)=O)CN(C(=O)OCc3ccccc3)[C@@H]21. The first-order chi connectivity index (χ1) is 12.6. The van der Waals surface area contributed by atoms with E-state index in [4.69, 9.17) is 15.2 Å². The number of fused-ring (bicyclic) bond motifs is 3. The molecule has 2 aliphatic heterocycles. The van der Waals surface area contributed by atoms with Gasteiger partial charge in [0.2, 0.25) is 5.91 Å². The lowest BCUT2D eigenvalue weighted by atomic mass is 9.97. The van der Waals surface area contributed by atoms with Crippen LogP contribution in [0.2, 0.25) is 0 Å². The molecule has 26 heavy (non-hydrogen) atoms. The number of benzene rings is 2. The van der Waals surface area contributed by atoms with E-state index in [9.17, 15) is 9.59 Å². The molecule has 0 bridgehead atoms. The van der Waals surface area contributed by atoms with Crippen molar-refractivity contribution in [3.63, 3.8) is 0 Å². The van der Waals surface area contributed by atoms with Crippen molar-refractivity contribution in [3.05, 3.63) is 65.2 Å². The largest absolute Gasteiger partial charge is 0.486 e. The van der Waals surface area contributed by atoms with Crippen molar-refractivity contribution in [2.75, 3.05) is 6.54 Å². The molecule has 6 heteroatoms. The number of primary amides is 1. The summed E-state index contributed by atoms with van der Waals surface area (Å²) in [5.41, 5.74) is 8.33. The number of likely N-dealkylation sites (tertiary alicyclic amines) is 1. The van der Waals surface area contributed by atoms with Crippen LogP contribution < -0.4 is 10.5 Å². The van der Waals surface area contributed by atoms with Gasteiger partial charge in [-0.3, -0.25) is 9.69 Å². The fourth-order valence-electron chi connectivity index (χ4n) is 3.77. The Morgan fingerprint density at radius 3 is 2.69 bits per heavy atom. The molecule has 2 aliphatic rings. The van der Waals surface area contributed by atoms with Gasteiger partial charge < -0.3 is 15.2 Å². The Hall–Kier alpha value is -3.02. The van der Waals surface area contributed by atoms with Gasteiger partial charge in [-0.05, 0) is 18.1 Å². The van der Waals surface area contributed by atoms with Gasteiger partial charge in [-0.15, -0.1) is 0 Å². The minimum Gasteiger partial charge on any atom is -0.486 e. The Balaban J connectivity index is 1.59. The van der Waals surface area contributed by atoms with Gasteiger partial charge in [0, 0.05) is 12.1 Å². The number of hydrogen-bond acceptors (Lipinski definition) is 4. The molecule has 0 unspecified atom stereocenters. The van der Waals surface area contributed by atoms with Gasteiger partial charge in [0.15, 0.2) is 0 Å². The number of rotatable bonds is 3. The number of nitrogens with two attached hydrogens (primary N) is 1. The summed E-state index contributed by atoms with van der Waals surface area (Å²) >= 11 is 0. The zero-order chi connectivity index (χ0) is 18.3. The number of amides is 2. The minimum absolute atomic E-state index is 0.177. The molecule has 2 N–H and O–H groups in total. The molecule has 0 saturated carbocycles. The van der Waals surface area contributed by atoms with E-state index in [2.05, 4.69) is 0 Å². The molecule has 0 aromatic heterocycles. The summed E-state index contributed by atoms with van der Waals surface area (Å²) in [6, 6.07) is 14.9. The van der Waals surface area contributed by atoms with Crippen LogP contribution >= 0.6 is 0 Å². The van der Waals surface area contributed by atoms with Gasteiger partial charge in [-0.2, -0.15) is 0 Å². The molecular weight excluding hydrogens is 332 g/mol. The normalized spacial score (nSPS) is 23.1. The van der Waals surface area contributed by atoms with Crippen molar-refractivity contribution in [1.29, 1.82) is 0 Å². The number of aryl methyl sites for hydroxylation is 1. The molecule has 3 atom stereocenters. The summed E-state index contributed by atoms with van der Waals surface area (Å²) < 4.78 is 11.5. The van der Waals surface area contributed by atoms with Gasteiger partial charge in [0.05, 0.1) is 5.92 Å². The Labute approximate surface area is 151 Å². The Bertz CT molecular complexity index is 852. The van der Waals surface area contributed by atoms with Crippen LogP contribution in [-0.4, -0.2) is 29.5 Å². The fraction of sp³-hybridized carbons (Fsp3) is 0.300. The van der Waals surface area contributed by atoms with Crippen LogP contribution in [0.4, 0.5) is 4.79 Å². The van der Waals surface area contributed by atoms with Crippen molar-refractivity contribution < 1.29 is 19.1 Å². The maximum absolute atomic E-state index is 12.7. The van der Waals surface area contributed by atoms with Gasteiger partial charge in [-0.25, -0.2) is 4.79 Å². The van der Waals surface area contributed by atoms with Gasteiger partial charge in [0.1, 0.15) is 24.5 Å². The van der Waals surface area contributed by atoms with Gasteiger partial charge >= 0.3 is 6.09 Å². The van der Waals surface area contributed by atoms with E-state index in [0.29, 0.717) is 0 Å². The van der Waals surface area contributed by atoms with Crippen LogP contribution in [0.1, 0.15) is 22.7 Å². The second kappa shape index (κ2) is 6.37. The zero-order valence-electron chi connectivity index (χ0n) is 14.4. The molecule has 0 aliphatic carbocycles. The third-order valence-electron chi connectivity index (χ3n) is 5.06. The molecule has 6 nitrogen and oxygen atoms in total. The summed E-state index contributed by atoms with van der Waals surface area (Å²) in [5.74, 6) is -0.297. The summed E-state index contributed by atoms with van der Waals surface area (Å²) in [4.78, 5) is 26.2. The third kappa shape index (κ3) is 2.67. The Kier molecular flexibility index (Phi) is 4.03. The number of para-hydroxylation sites is 1. The maximum atomic E-state index is 12.7. The molecule has 4 rings (SSSR count). The second-order valence-corrected chi connectivity index (χ2v) is 6.72. The minimum atomic E-state index is -0.559. The number of carbonyl (C=O) groups is 2. The van der Waals surface area contributed by atoms with Crippen LogP contribution in [-0.2, 0) is 16.1 Å². The number of hydrogen-bond donors (Lipinski definition) is 1. The lowest BCUT2D eigenvalue weighted by Crippen LogP contribution is -2.35. The van der Waals surface area contributed by atoms with E-state index in [-0.39, 0.29) is 19.2 Å². The van der Waals surface area contributed by atoms with Crippen molar-refractivity contribution in [2.45, 2.75) is 25.7 Å². The van der Waals surface area contributed by atoms with E-state index in [1.54, 1.807) is 4.90 Å². The molecular formula is C20H20N2O4. The highest BCUT2D eigenvalue weighted by atomic mass is 16.6. The van der Waals surface area contributed by atoms with Crippen molar-refractivity contribution >= 4 is 12.0 Å². The molecule has 2 heterocycles. The standard InChI is InChI=1S/C20H20N2O4/c1-12-6-5-9-14-16-18(26-17(12)14)15(19(21)23)10-22(16)20(24)25-11-13-7-3-2-4-8-13/h2-9,15-16,18H,10-11H2,1H3,(H2,21,23)/t15-,16+,18+/m1/s1. The Morgan fingerprint density at radius 1 is 1.19 bits per heavy atom. The van der Waals surface area contributed by atoms with Crippen molar-refractivity contribution in [2.24, 2.45) is 11.7 Å². The van der Waals surface area contributed by atoms with Crippen molar-refractivity contribution in [1.82, 2.24) is 4.90 Å². The number of ether oxygens (including phenoxy) is 2. The number of carbonyl (C=O) groups excluding carboxylic acids is 2. The van der Waals surface area contributed by atoms with Crippen LogP contribution in [0.3, 0.4) is 0 Å². The predicted molar refractivity (Wildman–Crippen MR) is 94.4 cm³/mol. The van der Waals surface area contributed by atoms with Gasteiger partial charge in [-0.1, -0.05) is 48.5 Å². The van der Waals surface area contributed by atoms with Crippen LogP contribution in [0, 0.1) is 12.8 Å². The lowest BCUT2D eigenvalue weighted by Gasteiger charge is -2.22. The first kappa shape index (κ1) is 16.4. The number of nitrogens with zero attached hydrogens (tertiary/aromatic N) is 1. The molecule has 0 radical (unpaired) electrons. The van der Waals surface area contributed by atoms with Crippen LogP contribution in [0.25, 0.3) is 0 Å². The van der Waals surface area contributed by atoms with Crippen LogP contribution in [0.5, 0.6) is 5.75 Å². The highest BCUT2D eigenvalue weighted by Crippen LogP contribution is 2.48. The summed E-state index contributed by atoms with van der Waals surface area (Å²) in [6.45, 7) is 2.32. The first-order valence-electron chi connectivity index (χ1n) is 8.59. The van der Waals surface area contributed by atoms with Crippen molar-refractivity contribution in [3.8, 4) is 5.75 Å². The zero-order valence-corrected chi connectivity index (χ0v) is 14.4. The summed E-state index contributed by atoms with van der Waals surface area (Å²) in [7, 11) is 0. The molecule has 1 saturated heterocycles. The maximum Gasteiger partial charge on any atom is 0.410 e. The average Bonchev–Trinajstić information content (AvgIpc) is 3.19. The Morgan fingerprint density at radius 2 is 1.96 bits per heavy atom. The fourth-order valence-corrected chi connectivity index (χ4v) is 3.77. The molecule has 1 fully saturated rings. The van der Waals surface area contributed by atoms with E-state index in [1.165, 1.54) is 0 Å². The summed E-state index contributed by atoms with van der Waals surface area (Å²) in [5, 5.41) is 0. The summed E-state index contributed by atoms with van der Waals surface area (Å²) in [6.07, 6.45) is -0.932. The molecule has 2 aromatic rings. The predicted octanol–water partition coefficient (Wildman–Crippen LogP) is 2.55. The van der Waals surface area contributed by atoms with Gasteiger partial charge in [0.25, 0.3) is 0 Å². The lowest BCUT2D eigenvalue weighted by molar-refractivity contribution is -0.123. The quantitative estimate of drug-likeness (QED) is 0.920. The first-order valence-corrected chi connectivity index (χ1v) is 8.59. The second-order valence-electron chi connectivity index (χ2n) is 6.72. The molecule has 134 valence electrons. The van der Waals surface area contributed by atoms with E-state index in [1.807, 2.05) is 55.5 Å². The van der Waals surface area contributed by atoms with E-state index < -0.39 is 24.0 Å². The van der Waals surface area contributed by atoms with Crippen LogP contribution in [0.15, 0.2) is 48.5 Å². The monoisotopic (exact) mass is 352 g/mol. The molecule has 2 amide bonds. The van der Waals surface area contributed by atoms with E-state index in [0.717, 1.165) is 22.4 Å². The topological polar surface area (TPSA) is 81.9 Å². The highest BCUT2D eigenvalue weighted by Gasteiger charge is 2.53. The van der Waals surface area contributed by atoms with E-state index >= 15 is 0 Å². The molecule has 0 spiro atoms. The third-order valence-corrected chi connectivity index (χ3v) is 5.06. The highest BCUT2D eigenvalue weighted by molar-refractivity contribution is 5.81.